The summed E-state index contributed by atoms with van der Waals surface area (Å²) in [7, 11) is 1.88. The highest BCUT2D eigenvalue weighted by atomic mass is 32.1. The van der Waals surface area contributed by atoms with Crippen LogP contribution in [0.3, 0.4) is 0 Å². The van der Waals surface area contributed by atoms with Crippen molar-refractivity contribution in [2.45, 2.75) is 19.8 Å². The van der Waals surface area contributed by atoms with Crippen LogP contribution in [-0.4, -0.2) is 65.6 Å². The van der Waals surface area contributed by atoms with Crippen molar-refractivity contribution >= 4 is 29.1 Å². The fourth-order valence-electron chi connectivity index (χ4n) is 2.39. The molecule has 0 saturated heterocycles. The number of rotatable bonds is 12. The third-order valence-electron chi connectivity index (χ3n) is 4.04. The Morgan fingerprint density at radius 3 is 2.84 bits per heavy atom. The van der Waals surface area contributed by atoms with Crippen LogP contribution in [0, 0.1) is 0 Å². The number of pyridine rings is 1. The fraction of sp³-hybridized carbons (Fsp3) is 0.381. The molecule has 0 spiro atoms. The summed E-state index contributed by atoms with van der Waals surface area (Å²) in [6.07, 6.45) is 5.06. The molecule has 0 bridgehead atoms. The smallest absolute Gasteiger partial charge is 0.213 e. The molecule has 0 saturated carbocycles. The number of aromatic amines is 1. The van der Waals surface area contributed by atoms with Gasteiger partial charge in [0, 0.05) is 36.2 Å². The van der Waals surface area contributed by atoms with Gasteiger partial charge >= 0.3 is 0 Å². The highest BCUT2D eigenvalue weighted by molar-refractivity contribution is 7.13. The molecule has 0 aliphatic rings. The SMILES string of the molecule is CCCC(=O)c1csc(-c2ccnc(OCCOCCNC)c2)n1.Nc1cn[nH]c1C=O. The first-order valence-electron chi connectivity index (χ1n) is 10.1. The molecule has 32 heavy (non-hydrogen) atoms. The van der Waals surface area contributed by atoms with Gasteiger partial charge in [0.1, 0.15) is 23.0 Å². The lowest BCUT2D eigenvalue weighted by Crippen LogP contribution is -2.16. The Morgan fingerprint density at radius 2 is 2.19 bits per heavy atom. The Labute approximate surface area is 190 Å². The van der Waals surface area contributed by atoms with Crippen LogP contribution in [-0.2, 0) is 4.74 Å². The number of nitrogens with two attached hydrogens (primary N) is 1. The maximum atomic E-state index is 11.9. The van der Waals surface area contributed by atoms with Crippen molar-refractivity contribution < 1.29 is 19.1 Å². The van der Waals surface area contributed by atoms with Gasteiger partial charge in [-0.3, -0.25) is 14.7 Å². The number of aldehydes is 1. The Kier molecular flexibility index (Phi) is 11.0. The molecular formula is C21H28N6O4S. The number of Topliss-reactive ketones (excluding diaryl/α,β-unsaturated/α-hetero) is 1. The number of anilines is 1. The van der Waals surface area contributed by atoms with Gasteiger partial charge in [-0.15, -0.1) is 11.3 Å². The van der Waals surface area contributed by atoms with E-state index in [1.165, 1.54) is 17.5 Å². The Hall–Kier alpha value is -3.15. The van der Waals surface area contributed by atoms with Crippen molar-refractivity contribution in [2.75, 3.05) is 39.1 Å². The first-order chi connectivity index (χ1) is 15.6. The first kappa shape index (κ1) is 25.1. The molecule has 0 aliphatic heterocycles. The largest absolute Gasteiger partial charge is 0.475 e. The lowest BCUT2D eigenvalue weighted by Gasteiger charge is -2.07. The second-order valence-electron chi connectivity index (χ2n) is 6.52. The fourth-order valence-corrected chi connectivity index (χ4v) is 3.21. The standard InChI is InChI=1S/C17H23N3O3S.C4H5N3O/c1-3-4-15(21)14-12-24-17(20-14)13-5-6-19-16(11-13)23-10-9-22-8-7-18-2;5-3-1-6-7-4(3)2-8/h5-6,11-12,18H,3-4,7-10H2,1-2H3;1-2H,5H2,(H,6,7). The zero-order chi connectivity index (χ0) is 23.2. The van der Waals surface area contributed by atoms with Gasteiger partial charge in [0.05, 0.1) is 25.1 Å². The molecule has 0 atom stereocenters. The molecule has 3 aromatic rings. The number of carbonyl (C=O) groups is 2. The summed E-state index contributed by atoms with van der Waals surface area (Å²) < 4.78 is 11.0. The molecule has 0 aliphatic carbocycles. The molecule has 0 unspecified atom stereocenters. The monoisotopic (exact) mass is 460 g/mol. The summed E-state index contributed by atoms with van der Waals surface area (Å²) in [5, 5.41) is 11.5. The summed E-state index contributed by atoms with van der Waals surface area (Å²) in [5.41, 5.74) is 7.39. The normalized spacial score (nSPS) is 10.3. The van der Waals surface area contributed by atoms with E-state index in [-0.39, 0.29) is 5.78 Å². The number of aromatic nitrogens is 4. The Morgan fingerprint density at radius 1 is 1.34 bits per heavy atom. The zero-order valence-electron chi connectivity index (χ0n) is 18.2. The van der Waals surface area contributed by atoms with Crippen molar-refractivity contribution in [3.05, 3.63) is 41.3 Å². The van der Waals surface area contributed by atoms with Crippen LogP contribution >= 0.6 is 11.3 Å². The summed E-state index contributed by atoms with van der Waals surface area (Å²) >= 11 is 1.46. The predicted molar refractivity (Wildman–Crippen MR) is 123 cm³/mol. The average molecular weight is 461 g/mol. The maximum Gasteiger partial charge on any atom is 0.213 e. The highest BCUT2D eigenvalue weighted by Crippen LogP contribution is 2.26. The third kappa shape index (κ3) is 8.17. The van der Waals surface area contributed by atoms with Crippen LogP contribution in [0.4, 0.5) is 5.69 Å². The van der Waals surface area contributed by atoms with Crippen molar-refractivity contribution in [2.24, 2.45) is 0 Å². The molecule has 0 radical (unpaired) electrons. The number of ketones is 1. The van der Waals surface area contributed by atoms with Crippen LogP contribution in [0.15, 0.2) is 29.9 Å². The summed E-state index contributed by atoms with van der Waals surface area (Å²) in [5.74, 6) is 0.616. The van der Waals surface area contributed by atoms with E-state index in [1.807, 2.05) is 31.5 Å². The van der Waals surface area contributed by atoms with Crippen LogP contribution in [0.5, 0.6) is 5.88 Å². The number of carbonyl (C=O) groups excluding carboxylic acids is 2. The molecular weight excluding hydrogens is 432 g/mol. The van der Waals surface area contributed by atoms with Gasteiger partial charge in [-0.25, -0.2) is 9.97 Å². The van der Waals surface area contributed by atoms with Gasteiger partial charge in [0.15, 0.2) is 12.1 Å². The predicted octanol–water partition coefficient (Wildman–Crippen LogP) is 2.61. The minimum absolute atomic E-state index is 0.0873. The van der Waals surface area contributed by atoms with Crippen LogP contribution in [0.2, 0.25) is 0 Å². The van der Waals surface area contributed by atoms with Crippen molar-refractivity contribution in [1.29, 1.82) is 0 Å². The maximum absolute atomic E-state index is 11.9. The minimum Gasteiger partial charge on any atom is -0.475 e. The van der Waals surface area contributed by atoms with Gasteiger partial charge in [-0.1, -0.05) is 6.92 Å². The number of likely N-dealkylation sites (N-methyl/N-ethyl adjacent to an activating group) is 1. The van der Waals surface area contributed by atoms with E-state index in [2.05, 4.69) is 25.5 Å². The van der Waals surface area contributed by atoms with Gasteiger partial charge in [-0.05, 0) is 19.5 Å². The second-order valence-corrected chi connectivity index (χ2v) is 7.37. The summed E-state index contributed by atoms with van der Waals surface area (Å²) in [4.78, 5) is 30.4. The lowest BCUT2D eigenvalue weighted by atomic mass is 10.2. The second kappa shape index (κ2) is 14.0. The highest BCUT2D eigenvalue weighted by Gasteiger charge is 2.11. The Balaban J connectivity index is 0.000000380. The van der Waals surface area contributed by atoms with Crippen LogP contribution < -0.4 is 15.8 Å². The summed E-state index contributed by atoms with van der Waals surface area (Å²) in [6.45, 7) is 4.41. The van der Waals surface area contributed by atoms with Crippen molar-refractivity contribution in [3.63, 3.8) is 0 Å². The Bertz CT molecular complexity index is 975. The number of H-pyrrole nitrogens is 1. The van der Waals surface area contributed by atoms with E-state index < -0.39 is 0 Å². The van der Waals surface area contributed by atoms with Gasteiger partial charge in [0.25, 0.3) is 0 Å². The molecule has 3 heterocycles. The molecule has 172 valence electrons. The number of thiazole rings is 1. The number of hydrogen-bond donors (Lipinski definition) is 3. The van der Waals surface area contributed by atoms with Gasteiger partial charge in [0.2, 0.25) is 5.88 Å². The minimum atomic E-state index is 0.0873. The number of hydrogen-bond acceptors (Lipinski definition) is 10. The molecule has 0 amide bonds. The molecule has 3 aromatic heterocycles. The molecule has 10 nitrogen and oxygen atoms in total. The summed E-state index contributed by atoms with van der Waals surface area (Å²) in [6, 6.07) is 3.70. The van der Waals surface area contributed by atoms with Crippen molar-refractivity contribution in [3.8, 4) is 16.5 Å². The van der Waals surface area contributed by atoms with Gasteiger partial charge in [-0.2, -0.15) is 5.10 Å². The van der Waals surface area contributed by atoms with Gasteiger partial charge < -0.3 is 20.5 Å². The van der Waals surface area contributed by atoms with E-state index in [1.54, 1.807) is 6.20 Å². The van der Waals surface area contributed by atoms with E-state index in [0.29, 0.717) is 55.5 Å². The molecule has 0 aromatic carbocycles. The number of nitrogens with one attached hydrogen (secondary N) is 2. The van der Waals surface area contributed by atoms with Crippen LogP contribution in [0.25, 0.3) is 10.6 Å². The van der Waals surface area contributed by atoms with Crippen molar-refractivity contribution in [1.82, 2.24) is 25.5 Å². The van der Waals surface area contributed by atoms with Crippen LogP contribution in [0.1, 0.15) is 40.7 Å². The molecule has 4 N–H and O–H groups in total. The van der Waals surface area contributed by atoms with E-state index >= 15 is 0 Å². The molecule has 3 rings (SSSR count). The number of nitrogen functional groups attached to an aromatic ring is 1. The molecule has 11 heteroatoms. The topological polar surface area (TPSA) is 145 Å². The number of ether oxygens (including phenoxy) is 2. The van der Waals surface area contributed by atoms with E-state index in [0.717, 1.165) is 23.5 Å². The van der Waals surface area contributed by atoms with E-state index in [9.17, 15) is 9.59 Å². The number of nitrogens with zero attached hydrogens (tertiary/aromatic N) is 3. The van der Waals surface area contributed by atoms with E-state index in [4.69, 9.17) is 15.2 Å². The molecule has 0 fully saturated rings. The zero-order valence-corrected chi connectivity index (χ0v) is 19.0. The average Bonchev–Trinajstić information content (AvgIpc) is 3.46. The first-order valence-corrected chi connectivity index (χ1v) is 11.0. The third-order valence-corrected chi connectivity index (χ3v) is 4.93. The quantitative estimate of drug-likeness (QED) is 0.211. The lowest BCUT2D eigenvalue weighted by molar-refractivity contribution is 0.0977.